The van der Waals surface area contributed by atoms with E-state index in [2.05, 4.69) is 32.7 Å². The molecule has 0 atom stereocenters. The number of aromatic nitrogens is 3. The first-order valence-corrected chi connectivity index (χ1v) is 6.76. The monoisotopic (exact) mass is 273 g/mol. The van der Waals surface area contributed by atoms with Crippen LogP contribution in [0.5, 0.6) is 5.75 Å². The topological polar surface area (TPSA) is 72.0 Å². The van der Waals surface area contributed by atoms with Gasteiger partial charge in [0.15, 0.2) is 5.82 Å². The smallest absolute Gasteiger partial charge is 0.244 e. The summed E-state index contributed by atoms with van der Waals surface area (Å²) in [4.78, 5) is 4.36. The fraction of sp³-hybridized carbons (Fsp3) is 0.357. The van der Waals surface area contributed by atoms with Crippen LogP contribution in [0.3, 0.4) is 0 Å². The molecule has 20 heavy (non-hydrogen) atoms. The highest BCUT2D eigenvalue weighted by Crippen LogP contribution is 2.26. The number of nitrogens with one attached hydrogen (secondary N) is 2. The van der Waals surface area contributed by atoms with Crippen molar-refractivity contribution in [3.8, 4) is 5.75 Å². The number of hydrogen-bond donors (Lipinski definition) is 2. The van der Waals surface area contributed by atoms with Gasteiger partial charge in [-0.1, -0.05) is 19.1 Å². The van der Waals surface area contributed by atoms with Crippen molar-refractivity contribution in [1.29, 1.82) is 0 Å². The Morgan fingerprint density at radius 2 is 2.05 bits per heavy atom. The van der Waals surface area contributed by atoms with Gasteiger partial charge < -0.3 is 15.4 Å². The lowest BCUT2D eigenvalue weighted by Crippen LogP contribution is -2.07. The summed E-state index contributed by atoms with van der Waals surface area (Å²) in [5.74, 6) is 1.94. The van der Waals surface area contributed by atoms with Crippen LogP contribution in [0.25, 0.3) is 0 Å². The molecule has 1 heterocycles. The van der Waals surface area contributed by atoms with Crippen molar-refractivity contribution >= 4 is 17.5 Å². The van der Waals surface area contributed by atoms with Crippen molar-refractivity contribution in [3.05, 3.63) is 30.5 Å². The number of hydrogen-bond acceptors (Lipinski definition) is 6. The van der Waals surface area contributed by atoms with Gasteiger partial charge in [0.2, 0.25) is 5.95 Å². The first-order valence-electron chi connectivity index (χ1n) is 6.76. The van der Waals surface area contributed by atoms with Gasteiger partial charge in [0.05, 0.1) is 18.5 Å². The van der Waals surface area contributed by atoms with Crippen LogP contribution in [0.4, 0.5) is 17.5 Å². The molecule has 6 nitrogen and oxygen atoms in total. The number of benzene rings is 1. The minimum absolute atomic E-state index is 0.519. The van der Waals surface area contributed by atoms with Gasteiger partial charge in [-0.3, -0.25) is 0 Å². The highest BCUT2D eigenvalue weighted by atomic mass is 16.5. The average Bonchev–Trinajstić information content (AvgIpc) is 2.48. The van der Waals surface area contributed by atoms with E-state index in [1.54, 1.807) is 6.20 Å². The molecule has 0 fully saturated rings. The third kappa shape index (κ3) is 3.81. The molecule has 0 aliphatic rings. The SMILES string of the molecule is CCCNc1nncc(Nc2ccccc2OCC)n1. The van der Waals surface area contributed by atoms with Crippen molar-refractivity contribution in [2.45, 2.75) is 20.3 Å². The van der Waals surface area contributed by atoms with Gasteiger partial charge in [-0.05, 0) is 25.5 Å². The molecule has 6 heteroatoms. The summed E-state index contributed by atoms with van der Waals surface area (Å²) in [5.41, 5.74) is 0.858. The maximum absolute atomic E-state index is 5.56. The summed E-state index contributed by atoms with van der Waals surface area (Å²) >= 11 is 0. The summed E-state index contributed by atoms with van der Waals surface area (Å²) in [7, 11) is 0. The highest BCUT2D eigenvalue weighted by Gasteiger charge is 2.05. The van der Waals surface area contributed by atoms with E-state index >= 15 is 0 Å². The summed E-state index contributed by atoms with van der Waals surface area (Å²) in [6.45, 7) is 5.47. The average molecular weight is 273 g/mol. The zero-order valence-corrected chi connectivity index (χ0v) is 11.8. The van der Waals surface area contributed by atoms with Gasteiger partial charge in [-0.25, -0.2) is 0 Å². The number of ether oxygens (including phenoxy) is 1. The van der Waals surface area contributed by atoms with Gasteiger partial charge >= 0.3 is 0 Å². The first-order chi connectivity index (χ1) is 9.83. The lowest BCUT2D eigenvalue weighted by atomic mass is 10.3. The molecule has 0 amide bonds. The molecule has 2 aromatic rings. The van der Waals surface area contributed by atoms with Gasteiger partial charge in [0, 0.05) is 6.54 Å². The predicted octanol–water partition coefficient (Wildman–Crippen LogP) is 2.84. The molecule has 2 N–H and O–H groups in total. The molecule has 0 bridgehead atoms. The molecule has 0 unspecified atom stereocenters. The number of para-hydroxylation sites is 2. The lowest BCUT2D eigenvalue weighted by molar-refractivity contribution is 0.342. The van der Waals surface area contributed by atoms with Gasteiger partial charge in [0.25, 0.3) is 0 Å². The third-order valence-electron chi connectivity index (χ3n) is 2.54. The maximum Gasteiger partial charge on any atom is 0.244 e. The number of anilines is 3. The van der Waals surface area contributed by atoms with E-state index in [0.717, 1.165) is 24.4 Å². The lowest BCUT2D eigenvalue weighted by Gasteiger charge is -2.11. The van der Waals surface area contributed by atoms with Gasteiger partial charge in [-0.2, -0.15) is 10.1 Å². The van der Waals surface area contributed by atoms with Crippen LogP contribution in [0.2, 0.25) is 0 Å². The van der Waals surface area contributed by atoms with Crippen LogP contribution >= 0.6 is 0 Å². The molecule has 0 spiro atoms. The van der Waals surface area contributed by atoms with Crippen molar-refractivity contribution in [1.82, 2.24) is 15.2 Å². The summed E-state index contributed by atoms with van der Waals surface area (Å²) < 4.78 is 5.56. The fourth-order valence-electron chi connectivity index (χ4n) is 1.66. The predicted molar refractivity (Wildman–Crippen MR) is 79.5 cm³/mol. The Kier molecular flexibility index (Phi) is 5.11. The summed E-state index contributed by atoms with van der Waals surface area (Å²) in [6, 6.07) is 7.72. The normalized spacial score (nSPS) is 10.1. The van der Waals surface area contributed by atoms with Crippen molar-refractivity contribution in [3.63, 3.8) is 0 Å². The second kappa shape index (κ2) is 7.28. The van der Waals surface area contributed by atoms with Gasteiger partial charge in [0.1, 0.15) is 5.75 Å². The van der Waals surface area contributed by atoms with Crippen LogP contribution in [0, 0.1) is 0 Å². The molecule has 1 aromatic heterocycles. The van der Waals surface area contributed by atoms with Gasteiger partial charge in [-0.15, -0.1) is 5.10 Å². The number of rotatable bonds is 7. The Morgan fingerprint density at radius 1 is 1.20 bits per heavy atom. The molecule has 0 aliphatic heterocycles. The Balaban J connectivity index is 2.13. The van der Waals surface area contributed by atoms with Crippen molar-refractivity contribution in [2.24, 2.45) is 0 Å². The molecule has 0 saturated heterocycles. The van der Waals surface area contributed by atoms with Crippen molar-refractivity contribution in [2.75, 3.05) is 23.8 Å². The summed E-state index contributed by atoms with van der Waals surface area (Å²) in [5, 5.41) is 14.2. The van der Waals surface area contributed by atoms with E-state index in [-0.39, 0.29) is 0 Å². The highest BCUT2D eigenvalue weighted by molar-refractivity contribution is 5.63. The van der Waals surface area contributed by atoms with E-state index in [4.69, 9.17) is 4.74 Å². The third-order valence-corrected chi connectivity index (χ3v) is 2.54. The van der Waals surface area contributed by atoms with Crippen molar-refractivity contribution < 1.29 is 4.74 Å². The minimum atomic E-state index is 0.519. The van der Waals surface area contributed by atoms with Crippen LogP contribution in [-0.4, -0.2) is 28.3 Å². The first kappa shape index (κ1) is 14.0. The minimum Gasteiger partial charge on any atom is -0.492 e. The molecule has 2 rings (SSSR count). The van der Waals surface area contributed by atoms with Crippen LogP contribution in [0.1, 0.15) is 20.3 Å². The summed E-state index contributed by atoms with van der Waals surface area (Å²) in [6.07, 6.45) is 2.59. The fourth-order valence-corrected chi connectivity index (χ4v) is 1.66. The second-order valence-electron chi connectivity index (χ2n) is 4.15. The van der Waals surface area contributed by atoms with Crippen LogP contribution < -0.4 is 15.4 Å². The van der Waals surface area contributed by atoms with E-state index in [1.165, 1.54) is 0 Å². The van der Waals surface area contributed by atoms with E-state index in [1.807, 2.05) is 31.2 Å². The van der Waals surface area contributed by atoms with Crippen LogP contribution in [-0.2, 0) is 0 Å². The standard InChI is InChI=1S/C14H19N5O/c1-3-9-15-14-18-13(10-16-19-14)17-11-7-5-6-8-12(11)20-4-2/h5-8,10H,3-4,9H2,1-2H3,(H2,15,17,18,19). The largest absolute Gasteiger partial charge is 0.492 e. The van der Waals surface area contributed by atoms with Crippen LogP contribution in [0.15, 0.2) is 30.5 Å². The number of nitrogens with zero attached hydrogens (tertiary/aromatic N) is 3. The second-order valence-corrected chi connectivity index (χ2v) is 4.15. The Bertz CT molecular complexity index is 547. The quantitative estimate of drug-likeness (QED) is 0.808. The zero-order valence-electron chi connectivity index (χ0n) is 11.8. The Morgan fingerprint density at radius 3 is 2.85 bits per heavy atom. The molecular formula is C14H19N5O. The molecule has 106 valence electrons. The van der Waals surface area contributed by atoms with E-state index in [9.17, 15) is 0 Å². The van der Waals surface area contributed by atoms with E-state index in [0.29, 0.717) is 18.4 Å². The maximum atomic E-state index is 5.56. The molecule has 0 radical (unpaired) electrons. The molecule has 0 aliphatic carbocycles. The molecular weight excluding hydrogens is 254 g/mol. The Hall–Kier alpha value is -2.37. The Labute approximate surface area is 118 Å². The molecule has 1 aromatic carbocycles. The van der Waals surface area contributed by atoms with E-state index < -0.39 is 0 Å². The zero-order chi connectivity index (χ0) is 14.2. The molecule has 0 saturated carbocycles.